The molecule has 0 saturated heterocycles. The molecule has 0 bridgehead atoms. The largest absolute Gasteiger partial charge is 0.455 e. The van der Waals surface area contributed by atoms with Crippen molar-refractivity contribution in [1.29, 1.82) is 0 Å². The van der Waals surface area contributed by atoms with Crippen LogP contribution in [0, 0.1) is 0 Å². The Morgan fingerprint density at radius 3 is 1.50 bits per heavy atom. The summed E-state index contributed by atoms with van der Waals surface area (Å²) in [5, 5.41) is 4.53. The van der Waals surface area contributed by atoms with Crippen molar-refractivity contribution in [2.45, 2.75) is 0 Å². The van der Waals surface area contributed by atoms with E-state index < -0.39 is 0 Å². The topological polar surface area (TPSA) is 56.7 Å². The van der Waals surface area contributed by atoms with Gasteiger partial charge in [-0.3, -0.25) is 0 Å². The number of fused-ring (bicyclic) bond motifs is 6. The van der Waals surface area contributed by atoms with Crippen molar-refractivity contribution in [2.24, 2.45) is 0 Å². The average molecular weight is 793 g/mol. The molecule has 0 amide bonds. The first-order valence-electron chi connectivity index (χ1n) is 20.8. The molecule has 12 rings (SSSR count). The Labute approximate surface area is 357 Å². The van der Waals surface area contributed by atoms with Crippen LogP contribution in [0.25, 0.3) is 117 Å². The third-order valence-electron chi connectivity index (χ3n) is 11.9. The number of furan rings is 1. The van der Waals surface area contributed by atoms with Crippen LogP contribution >= 0.6 is 0 Å². The maximum absolute atomic E-state index is 6.79. The van der Waals surface area contributed by atoms with Crippen LogP contribution in [0.2, 0.25) is 0 Å². The summed E-state index contributed by atoms with van der Waals surface area (Å²) in [5.41, 5.74) is 14.5. The fourth-order valence-electron chi connectivity index (χ4n) is 8.81. The van der Waals surface area contributed by atoms with Crippen molar-refractivity contribution in [1.82, 2.24) is 19.5 Å². The van der Waals surface area contributed by atoms with E-state index in [2.05, 4.69) is 211 Å². The minimum atomic E-state index is 0.605. The molecule has 3 aromatic heterocycles. The predicted octanol–water partition coefficient (Wildman–Crippen LogP) is 14.9. The molecule has 290 valence electrons. The Kier molecular flexibility index (Phi) is 8.42. The highest BCUT2D eigenvalue weighted by atomic mass is 16.3. The summed E-state index contributed by atoms with van der Waals surface area (Å²) in [6, 6.07) is 76.2. The zero-order valence-corrected chi connectivity index (χ0v) is 33.5. The van der Waals surface area contributed by atoms with E-state index in [1.807, 2.05) is 12.1 Å². The lowest BCUT2D eigenvalue weighted by atomic mass is 10.0. The number of benzene rings is 9. The minimum Gasteiger partial charge on any atom is -0.455 e. The van der Waals surface area contributed by atoms with E-state index in [1.165, 1.54) is 10.9 Å². The van der Waals surface area contributed by atoms with E-state index in [4.69, 9.17) is 19.4 Å². The first kappa shape index (κ1) is 35.5. The van der Waals surface area contributed by atoms with Crippen molar-refractivity contribution in [2.75, 3.05) is 0 Å². The quantitative estimate of drug-likeness (QED) is 0.161. The van der Waals surface area contributed by atoms with Gasteiger partial charge in [0, 0.05) is 49.5 Å². The fourth-order valence-corrected chi connectivity index (χ4v) is 8.81. The number of aromatic nitrogens is 4. The second-order valence-corrected chi connectivity index (χ2v) is 15.6. The SMILES string of the molecule is c1ccc(-c2ccc(-c3nc(-c4ccc(-c5cccc6c5oc5cc7c8ccccc8n(-c8ccccc8)c7cc56)cc4)nc(-c4cccc(-c5ccccc5)c4)n3)cc2)cc1. The average Bonchev–Trinajstić information content (AvgIpc) is 3.89. The van der Waals surface area contributed by atoms with Crippen LogP contribution in [0.5, 0.6) is 0 Å². The maximum atomic E-state index is 6.79. The molecule has 0 N–H and O–H groups in total. The first-order chi connectivity index (χ1) is 30.7. The molecule has 5 heteroatoms. The summed E-state index contributed by atoms with van der Waals surface area (Å²) in [7, 11) is 0. The van der Waals surface area contributed by atoms with Gasteiger partial charge >= 0.3 is 0 Å². The van der Waals surface area contributed by atoms with Crippen LogP contribution in [0.3, 0.4) is 0 Å². The Hall–Kier alpha value is -8.41. The lowest BCUT2D eigenvalue weighted by Crippen LogP contribution is -2.00. The molecule has 0 aliphatic carbocycles. The van der Waals surface area contributed by atoms with Crippen LogP contribution in [-0.4, -0.2) is 19.5 Å². The van der Waals surface area contributed by atoms with Crippen molar-refractivity contribution < 1.29 is 4.42 Å². The molecule has 9 aromatic carbocycles. The third-order valence-corrected chi connectivity index (χ3v) is 11.9. The summed E-state index contributed by atoms with van der Waals surface area (Å²) in [6.07, 6.45) is 0. The zero-order chi connectivity index (χ0) is 41.0. The highest BCUT2D eigenvalue weighted by Crippen LogP contribution is 2.41. The summed E-state index contributed by atoms with van der Waals surface area (Å²) in [4.78, 5) is 15.3. The number of rotatable bonds is 7. The van der Waals surface area contributed by atoms with Crippen molar-refractivity contribution in [3.8, 4) is 73.2 Å². The number of para-hydroxylation sites is 3. The summed E-state index contributed by atoms with van der Waals surface area (Å²) < 4.78 is 9.14. The van der Waals surface area contributed by atoms with Crippen LogP contribution in [-0.2, 0) is 0 Å². The molecule has 5 nitrogen and oxygen atoms in total. The molecule has 62 heavy (non-hydrogen) atoms. The van der Waals surface area contributed by atoms with Crippen molar-refractivity contribution in [3.05, 3.63) is 218 Å². The molecule has 0 spiro atoms. The van der Waals surface area contributed by atoms with Gasteiger partial charge in [-0.15, -0.1) is 0 Å². The molecule has 0 aliphatic rings. The molecule has 0 saturated carbocycles. The van der Waals surface area contributed by atoms with E-state index in [0.717, 1.165) is 88.6 Å². The van der Waals surface area contributed by atoms with E-state index >= 15 is 0 Å². The summed E-state index contributed by atoms with van der Waals surface area (Å²) >= 11 is 0. The highest BCUT2D eigenvalue weighted by molar-refractivity contribution is 6.18. The lowest BCUT2D eigenvalue weighted by molar-refractivity contribution is 0.670. The zero-order valence-electron chi connectivity index (χ0n) is 33.5. The first-order valence-corrected chi connectivity index (χ1v) is 20.8. The van der Waals surface area contributed by atoms with Gasteiger partial charge in [-0.05, 0) is 64.2 Å². The second-order valence-electron chi connectivity index (χ2n) is 15.6. The molecule has 0 radical (unpaired) electrons. The maximum Gasteiger partial charge on any atom is 0.164 e. The van der Waals surface area contributed by atoms with Crippen LogP contribution in [0.15, 0.2) is 223 Å². The minimum absolute atomic E-state index is 0.605. The van der Waals surface area contributed by atoms with Gasteiger partial charge in [-0.1, -0.05) is 182 Å². The van der Waals surface area contributed by atoms with Crippen molar-refractivity contribution >= 4 is 43.7 Å². The monoisotopic (exact) mass is 792 g/mol. The van der Waals surface area contributed by atoms with E-state index in [-0.39, 0.29) is 0 Å². The van der Waals surface area contributed by atoms with Gasteiger partial charge in [-0.25, -0.2) is 15.0 Å². The number of nitrogens with zero attached hydrogens (tertiary/aromatic N) is 4. The Balaban J connectivity index is 0.953. The Morgan fingerprint density at radius 2 is 0.806 bits per heavy atom. The Morgan fingerprint density at radius 1 is 0.306 bits per heavy atom. The normalized spacial score (nSPS) is 11.5. The Bertz CT molecular complexity index is 3590. The second kappa shape index (κ2) is 14.7. The molecular weight excluding hydrogens is 757 g/mol. The summed E-state index contributed by atoms with van der Waals surface area (Å²) in [5.74, 6) is 1.84. The molecule has 0 aliphatic heterocycles. The van der Waals surface area contributed by atoms with Gasteiger partial charge in [0.25, 0.3) is 0 Å². The summed E-state index contributed by atoms with van der Waals surface area (Å²) in [6.45, 7) is 0. The van der Waals surface area contributed by atoms with Crippen LogP contribution in [0.4, 0.5) is 0 Å². The highest BCUT2D eigenvalue weighted by Gasteiger charge is 2.19. The number of hydrogen-bond acceptors (Lipinski definition) is 4. The molecule has 0 unspecified atom stereocenters. The van der Waals surface area contributed by atoms with Gasteiger partial charge in [0.15, 0.2) is 17.5 Å². The van der Waals surface area contributed by atoms with Crippen LogP contribution in [0.1, 0.15) is 0 Å². The van der Waals surface area contributed by atoms with E-state index in [9.17, 15) is 0 Å². The van der Waals surface area contributed by atoms with Crippen molar-refractivity contribution in [3.63, 3.8) is 0 Å². The van der Waals surface area contributed by atoms with Gasteiger partial charge < -0.3 is 8.98 Å². The fraction of sp³-hybridized carbons (Fsp3) is 0. The van der Waals surface area contributed by atoms with Gasteiger partial charge in [-0.2, -0.15) is 0 Å². The molecule has 0 fully saturated rings. The van der Waals surface area contributed by atoms with Gasteiger partial charge in [0.05, 0.1) is 11.0 Å². The smallest absolute Gasteiger partial charge is 0.164 e. The lowest BCUT2D eigenvalue weighted by Gasteiger charge is -2.11. The van der Waals surface area contributed by atoms with Gasteiger partial charge in [0.2, 0.25) is 0 Å². The molecule has 0 atom stereocenters. The standard InChI is InChI=1S/C57H36N4O/c1-4-14-37(15-5-1)39-26-30-41(31-27-39)55-58-56(60-57(59-55)44-19-12-18-43(34-44)38-16-6-2-7-17-38)42-32-28-40(29-33-42)46-23-13-24-48-50-35-52-49(36-53(50)62-54(46)48)47-22-10-11-25-51(47)61(52)45-20-8-3-9-21-45/h1-36H. The number of hydrogen-bond donors (Lipinski definition) is 0. The van der Waals surface area contributed by atoms with E-state index in [0.29, 0.717) is 17.5 Å². The van der Waals surface area contributed by atoms with Crippen LogP contribution < -0.4 is 0 Å². The molecule has 3 heterocycles. The molecular formula is C57H36N4O. The van der Waals surface area contributed by atoms with E-state index in [1.54, 1.807) is 0 Å². The van der Waals surface area contributed by atoms with Gasteiger partial charge in [0.1, 0.15) is 11.2 Å². The molecule has 12 aromatic rings. The third kappa shape index (κ3) is 6.14. The predicted molar refractivity (Wildman–Crippen MR) is 254 cm³/mol.